The lowest BCUT2D eigenvalue weighted by molar-refractivity contribution is -0.353. The second-order valence-electron chi connectivity index (χ2n) is 4.92. The number of hydrogen-bond acceptors (Lipinski definition) is 9. The lowest BCUT2D eigenvalue weighted by Crippen LogP contribution is -2.34. The molecule has 0 spiro atoms. The summed E-state index contributed by atoms with van der Waals surface area (Å²) in [5, 5.41) is 22.8. The van der Waals surface area contributed by atoms with Gasteiger partial charge < -0.3 is 43.7 Å². The molecule has 0 heterocycles. The predicted octanol–water partition coefficient (Wildman–Crippen LogP) is 2.75. The average Bonchev–Trinajstić information content (AvgIpc) is 2.84. The topological polar surface area (TPSA) is 167 Å². The standard InChI is InChI=1S/2C6H14O3.3C3H4O2/c2*1-5-6(7-2,8-3)9-4;3*1-2-3(4)5/h2*5H2,1-4H3;3*2H,1H2,(H,4,5). The van der Waals surface area contributed by atoms with Gasteiger partial charge in [0.1, 0.15) is 0 Å². The molecule has 0 aromatic carbocycles. The Labute approximate surface area is 196 Å². The summed E-state index contributed by atoms with van der Waals surface area (Å²) in [5.41, 5.74) is 0. The molecule has 33 heavy (non-hydrogen) atoms. The van der Waals surface area contributed by atoms with Crippen LogP contribution in [-0.4, -0.2) is 87.8 Å². The molecule has 12 nitrogen and oxygen atoms in total. The van der Waals surface area contributed by atoms with Crippen molar-refractivity contribution in [2.45, 2.75) is 38.6 Å². The molecule has 0 fully saturated rings. The van der Waals surface area contributed by atoms with Crippen molar-refractivity contribution >= 4 is 17.9 Å². The maximum absolute atomic E-state index is 9.25. The first kappa shape index (κ1) is 40.7. The number of carboxylic acid groups (broad SMARTS) is 3. The monoisotopic (exact) mass is 484 g/mol. The Hall–Kier alpha value is -2.61. The van der Waals surface area contributed by atoms with Crippen LogP contribution in [0.2, 0.25) is 0 Å². The van der Waals surface area contributed by atoms with Crippen LogP contribution in [0.25, 0.3) is 0 Å². The van der Waals surface area contributed by atoms with Crippen molar-refractivity contribution in [1.29, 1.82) is 0 Å². The molecule has 0 aliphatic rings. The van der Waals surface area contributed by atoms with Crippen LogP contribution in [-0.2, 0) is 42.8 Å². The maximum atomic E-state index is 9.25. The van der Waals surface area contributed by atoms with E-state index in [9.17, 15) is 14.4 Å². The first-order valence-electron chi connectivity index (χ1n) is 9.17. The van der Waals surface area contributed by atoms with Crippen LogP contribution in [0, 0.1) is 0 Å². The predicted molar refractivity (Wildman–Crippen MR) is 122 cm³/mol. The third kappa shape index (κ3) is 29.4. The summed E-state index contributed by atoms with van der Waals surface area (Å²) in [6, 6.07) is 0. The van der Waals surface area contributed by atoms with Gasteiger partial charge in [-0.15, -0.1) is 0 Å². The SMILES string of the molecule is C=CC(=O)O.C=CC(=O)O.C=CC(=O)O.CCC(OC)(OC)OC.CCC(OC)(OC)OC. The molecule has 0 aromatic rings. The van der Waals surface area contributed by atoms with Gasteiger partial charge in [0.05, 0.1) is 0 Å². The lowest BCUT2D eigenvalue weighted by Gasteiger charge is -2.26. The van der Waals surface area contributed by atoms with Crippen LogP contribution in [0.15, 0.2) is 38.0 Å². The zero-order chi connectivity index (χ0) is 27.5. The second kappa shape index (κ2) is 27.4. The van der Waals surface area contributed by atoms with E-state index in [-0.39, 0.29) is 0 Å². The summed E-state index contributed by atoms with van der Waals surface area (Å²) in [6.45, 7) is 12.7. The number of methoxy groups -OCH3 is 6. The van der Waals surface area contributed by atoms with Gasteiger partial charge in [-0.1, -0.05) is 33.6 Å². The van der Waals surface area contributed by atoms with Crippen LogP contribution in [0.3, 0.4) is 0 Å². The summed E-state index contributed by atoms with van der Waals surface area (Å²) in [7, 11) is 9.31. The minimum atomic E-state index is -0.981. The molecule has 0 unspecified atom stereocenters. The highest BCUT2D eigenvalue weighted by molar-refractivity contribution is 5.79. The van der Waals surface area contributed by atoms with Crippen LogP contribution >= 0.6 is 0 Å². The molecule has 0 saturated heterocycles. The van der Waals surface area contributed by atoms with E-state index in [1.165, 1.54) is 0 Å². The Kier molecular flexibility index (Phi) is 33.8. The minimum absolute atomic E-state index is 0.677. The molecule has 0 aliphatic heterocycles. The zero-order valence-electron chi connectivity index (χ0n) is 20.8. The molecule has 0 rings (SSSR count). The van der Waals surface area contributed by atoms with Crippen molar-refractivity contribution in [3.63, 3.8) is 0 Å². The summed E-state index contributed by atoms with van der Waals surface area (Å²) < 4.78 is 29.6. The van der Waals surface area contributed by atoms with Crippen LogP contribution in [0.1, 0.15) is 26.7 Å². The fourth-order valence-electron chi connectivity index (χ4n) is 1.37. The highest BCUT2D eigenvalue weighted by Gasteiger charge is 2.26. The molecule has 0 aliphatic carbocycles. The number of carboxylic acids is 3. The van der Waals surface area contributed by atoms with Gasteiger partial charge in [-0.3, -0.25) is 0 Å². The zero-order valence-corrected chi connectivity index (χ0v) is 20.8. The Morgan fingerprint density at radius 3 is 0.697 bits per heavy atom. The number of rotatable bonds is 11. The van der Waals surface area contributed by atoms with Crippen molar-refractivity contribution in [3.05, 3.63) is 38.0 Å². The maximum Gasteiger partial charge on any atom is 0.327 e. The molecule has 0 radical (unpaired) electrons. The quantitative estimate of drug-likeness (QED) is 0.290. The van der Waals surface area contributed by atoms with Crippen molar-refractivity contribution in [3.8, 4) is 0 Å². The average molecular weight is 485 g/mol. The number of carbonyl (C=O) groups is 3. The highest BCUT2D eigenvalue weighted by Crippen LogP contribution is 2.15. The van der Waals surface area contributed by atoms with Crippen LogP contribution < -0.4 is 0 Å². The van der Waals surface area contributed by atoms with E-state index < -0.39 is 29.9 Å². The van der Waals surface area contributed by atoms with Gasteiger partial charge >= 0.3 is 17.9 Å². The van der Waals surface area contributed by atoms with Gasteiger partial charge in [-0.25, -0.2) is 14.4 Å². The highest BCUT2D eigenvalue weighted by atomic mass is 16.9. The van der Waals surface area contributed by atoms with E-state index in [0.717, 1.165) is 18.2 Å². The van der Waals surface area contributed by atoms with Crippen molar-refractivity contribution in [2.24, 2.45) is 0 Å². The summed E-state index contributed by atoms with van der Waals surface area (Å²) >= 11 is 0. The summed E-state index contributed by atoms with van der Waals surface area (Å²) in [6.07, 6.45) is 3.85. The molecular formula is C21H40O12. The second-order valence-corrected chi connectivity index (χ2v) is 4.92. The molecule has 0 bridgehead atoms. The molecule has 3 N–H and O–H groups in total. The summed E-state index contributed by atoms with van der Waals surface area (Å²) in [5.74, 6) is -4.61. The van der Waals surface area contributed by atoms with Crippen molar-refractivity contribution in [2.75, 3.05) is 42.7 Å². The van der Waals surface area contributed by atoms with E-state index >= 15 is 0 Å². The van der Waals surface area contributed by atoms with E-state index in [2.05, 4.69) is 19.7 Å². The van der Waals surface area contributed by atoms with Crippen LogP contribution in [0.4, 0.5) is 0 Å². The Balaban J connectivity index is -0.000000102. The number of hydrogen-bond donors (Lipinski definition) is 3. The molecule has 0 aromatic heterocycles. The molecule has 0 atom stereocenters. The fourth-order valence-corrected chi connectivity index (χ4v) is 1.37. The van der Waals surface area contributed by atoms with Gasteiger partial charge in [0.25, 0.3) is 11.9 Å². The summed E-state index contributed by atoms with van der Waals surface area (Å²) in [4.78, 5) is 27.8. The molecular weight excluding hydrogens is 444 g/mol. The van der Waals surface area contributed by atoms with Crippen molar-refractivity contribution < 1.29 is 58.1 Å². The van der Waals surface area contributed by atoms with Gasteiger partial charge in [0, 0.05) is 73.7 Å². The molecule has 196 valence electrons. The Morgan fingerprint density at radius 1 is 0.576 bits per heavy atom. The third-order valence-electron chi connectivity index (χ3n) is 3.26. The van der Waals surface area contributed by atoms with Crippen LogP contribution in [0.5, 0.6) is 0 Å². The molecule has 0 amide bonds. The van der Waals surface area contributed by atoms with E-state index in [4.69, 9.17) is 43.7 Å². The molecule has 0 saturated carbocycles. The van der Waals surface area contributed by atoms with Gasteiger partial charge in [-0.05, 0) is 0 Å². The minimum Gasteiger partial charge on any atom is -0.478 e. The Bertz CT molecular complexity index is 426. The Morgan fingerprint density at radius 2 is 0.697 bits per heavy atom. The molecule has 12 heteroatoms. The van der Waals surface area contributed by atoms with Crippen molar-refractivity contribution in [1.82, 2.24) is 0 Å². The normalized spacial score (nSPS) is 9.45. The van der Waals surface area contributed by atoms with E-state index in [1.54, 1.807) is 42.7 Å². The lowest BCUT2D eigenvalue weighted by atomic mass is 10.4. The fraction of sp³-hybridized carbons (Fsp3) is 0.571. The first-order valence-corrected chi connectivity index (χ1v) is 9.17. The van der Waals surface area contributed by atoms with Gasteiger partial charge in [-0.2, -0.15) is 0 Å². The largest absolute Gasteiger partial charge is 0.478 e. The van der Waals surface area contributed by atoms with E-state index in [1.807, 2.05) is 13.8 Å². The van der Waals surface area contributed by atoms with Gasteiger partial charge in [0.15, 0.2) is 0 Å². The van der Waals surface area contributed by atoms with Gasteiger partial charge in [0.2, 0.25) is 0 Å². The number of ether oxygens (including phenoxy) is 6. The van der Waals surface area contributed by atoms with E-state index in [0.29, 0.717) is 12.8 Å². The third-order valence-corrected chi connectivity index (χ3v) is 3.26. The smallest absolute Gasteiger partial charge is 0.327 e. The number of aliphatic carboxylic acids is 3. The first-order chi connectivity index (χ1) is 15.3.